The Morgan fingerprint density at radius 2 is 1.96 bits per heavy atom. The molecule has 1 aliphatic carbocycles. The summed E-state index contributed by atoms with van der Waals surface area (Å²) in [7, 11) is 0. The van der Waals surface area contributed by atoms with E-state index in [9.17, 15) is 14.4 Å². The van der Waals surface area contributed by atoms with Crippen molar-refractivity contribution in [2.75, 3.05) is 0 Å². The van der Waals surface area contributed by atoms with Crippen LogP contribution in [0.25, 0.3) is 0 Å². The number of carbonyl (C=O) groups is 3. The van der Waals surface area contributed by atoms with E-state index < -0.39 is 17.7 Å². The van der Waals surface area contributed by atoms with E-state index >= 15 is 0 Å². The SMILES string of the molecule is CC(C)CC(NC(=O)C1CCCCC1)C(=O)C(=O)N/N=C/c1ccccn1. The number of hydrogen-bond donors (Lipinski definition) is 2. The summed E-state index contributed by atoms with van der Waals surface area (Å²) in [5.41, 5.74) is 2.79. The molecule has 7 nitrogen and oxygen atoms in total. The zero-order valence-corrected chi connectivity index (χ0v) is 16.0. The second kappa shape index (κ2) is 10.5. The van der Waals surface area contributed by atoms with Gasteiger partial charge in [-0.25, -0.2) is 5.43 Å². The number of nitrogens with one attached hydrogen (secondary N) is 2. The molecule has 0 aromatic carbocycles. The smallest absolute Gasteiger partial charge is 0.309 e. The van der Waals surface area contributed by atoms with Crippen LogP contribution in [0.5, 0.6) is 0 Å². The maximum atomic E-state index is 12.5. The molecule has 0 aliphatic heterocycles. The first-order valence-corrected chi connectivity index (χ1v) is 9.56. The fourth-order valence-corrected chi connectivity index (χ4v) is 3.18. The summed E-state index contributed by atoms with van der Waals surface area (Å²) < 4.78 is 0. The number of rotatable bonds is 8. The van der Waals surface area contributed by atoms with Crippen LogP contribution in [-0.4, -0.2) is 34.8 Å². The van der Waals surface area contributed by atoms with Gasteiger partial charge in [0.25, 0.3) is 0 Å². The third-order valence-electron chi connectivity index (χ3n) is 4.59. The topological polar surface area (TPSA) is 101 Å². The first kappa shape index (κ1) is 20.7. The highest BCUT2D eigenvalue weighted by Gasteiger charge is 2.30. The lowest BCUT2D eigenvalue weighted by Crippen LogP contribution is -2.49. The van der Waals surface area contributed by atoms with E-state index in [1.54, 1.807) is 24.4 Å². The van der Waals surface area contributed by atoms with Gasteiger partial charge >= 0.3 is 5.91 Å². The van der Waals surface area contributed by atoms with Crippen molar-refractivity contribution in [3.05, 3.63) is 30.1 Å². The van der Waals surface area contributed by atoms with Gasteiger partial charge in [0.1, 0.15) is 0 Å². The standard InChI is InChI=1S/C20H28N4O3/c1-14(2)12-17(23-19(26)15-8-4-3-5-9-15)18(25)20(27)24-22-13-16-10-6-7-11-21-16/h6-7,10-11,13-15,17H,3-5,8-9,12H2,1-2H3,(H,23,26)(H,24,27)/b22-13+. The second-order valence-electron chi connectivity index (χ2n) is 7.34. The van der Waals surface area contributed by atoms with Gasteiger partial charge in [-0.1, -0.05) is 39.2 Å². The fraction of sp³-hybridized carbons (Fsp3) is 0.550. The number of aromatic nitrogens is 1. The van der Waals surface area contributed by atoms with E-state index in [-0.39, 0.29) is 17.7 Å². The summed E-state index contributed by atoms with van der Waals surface area (Å²) >= 11 is 0. The van der Waals surface area contributed by atoms with E-state index in [0.717, 1.165) is 32.1 Å². The Bertz CT molecular complexity index is 667. The molecular weight excluding hydrogens is 344 g/mol. The Morgan fingerprint density at radius 3 is 2.59 bits per heavy atom. The highest BCUT2D eigenvalue weighted by atomic mass is 16.2. The lowest BCUT2D eigenvalue weighted by Gasteiger charge is -2.24. The van der Waals surface area contributed by atoms with Gasteiger partial charge < -0.3 is 5.32 Å². The first-order chi connectivity index (χ1) is 13.0. The minimum Gasteiger partial charge on any atom is -0.345 e. The molecule has 1 aliphatic rings. The second-order valence-corrected chi connectivity index (χ2v) is 7.34. The number of pyridine rings is 1. The minimum absolute atomic E-state index is 0.0635. The van der Waals surface area contributed by atoms with Crippen molar-refractivity contribution in [3.8, 4) is 0 Å². The van der Waals surface area contributed by atoms with Crippen LogP contribution >= 0.6 is 0 Å². The highest BCUT2D eigenvalue weighted by molar-refractivity contribution is 6.38. The molecule has 1 aromatic rings. The average Bonchev–Trinajstić information content (AvgIpc) is 2.68. The average molecular weight is 372 g/mol. The Labute approximate surface area is 160 Å². The van der Waals surface area contributed by atoms with Crippen LogP contribution in [0.3, 0.4) is 0 Å². The number of hydrogen-bond acceptors (Lipinski definition) is 5. The molecule has 1 aromatic heterocycles. The van der Waals surface area contributed by atoms with Crippen LogP contribution in [0.15, 0.2) is 29.5 Å². The summed E-state index contributed by atoms with van der Waals surface area (Å²) in [6, 6.07) is 4.46. The van der Waals surface area contributed by atoms with E-state index in [1.165, 1.54) is 6.21 Å². The van der Waals surface area contributed by atoms with Crippen molar-refractivity contribution in [1.82, 2.24) is 15.7 Å². The zero-order valence-electron chi connectivity index (χ0n) is 16.0. The van der Waals surface area contributed by atoms with Crippen LogP contribution in [0.4, 0.5) is 0 Å². The molecular formula is C20H28N4O3. The molecule has 1 saturated carbocycles. The molecule has 1 heterocycles. The lowest BCUT2D eigenvalue weighted by atomic mass is 9.88. The maximum absolute atomic E-state index is 12.5. The summed E-state index contributed by atoms with van der Waals surface area (Å²) in [6.07, 6.45) is 8.28. The predicted octanol–water partition coefficient (Wildman–Crippen LogP) is 2.21. The molecule has 146 valence electrons. The van der Waals surface area contributed by atoms with Crippen molar-refractivity contribution in [2.45, 2.75) is 58.4 Å². The van der Waals surface area contributed by atoms with Crippen molar-refractivity contribution < 1.29 is 14.4 Å². The zero-order chi connectivity index (χ0) is 19.6. The van der Waals surface area contributed by atoms with Crippen LogP contribution in [-0.2, 0) is 14.4 Å². The Morgan fingerprint density at radius 1 is 1.22 bits per heavy atom. The van der Waals surface area contributed by atoms with Gasteiger partial charge in [0.2, 0.25) is 11.7 Å². The van der Waals surface area contributed by atoms with Crippen molar-refractivity contribution in [1.29, 1.82) is 0 Å². The molecule has 27 heavy (non-hydrogen) atoms. The summed E-state index contributed by atoms with van der Waals surface area (Å²) in [4.78, 5) is 41.2. The lowest BCUT2D eigenvalue weighted by molar-refractivity contribution is -0.140. The van der Waals surface area contributed by atoms with Crippen molar-refractivity contribution in [2.24, 2.45) is 16.9 Å². The number of nitrogens with zero attached hydrogens (tertiary/aromatic N) is 2. The van der Waals surface area contributed by atoms with Crippen molar-refractivity contribution >= 4 is 23.8 Å². The number of hydrazone groups is 1. The molecule has 0 saturated heterocycles. The molecule has 7 heteroatoms. The fourth-order valence-electron chi connectivity index (χ4n) is 3.18. The van der Waals surface area contributed by atoms with Crippen LogP contribution < -0.4 is 10.7 Å². The molecule has 0 radical (unpaired) electrons. The quantitative estimate of drug-likeness (QED) is 0.415. The van der Waals surface area contributed by atoms with Gasteiger partial charge in [-0.05, 0) is 37.3 Å². The van der Waals surface area contributed by atoms with E-state index in [0.29, 0.717) is 12.1 Å². The van der Waals surface area contributed by atoms with Crippen LogP contribution in [0.1, 0.15) is 58.1 Å². The van der Waals surface area contributed by atoms with Crippen LogP contribution in [0, 0.1) is 11.8 Å². The van der Waals surface area contributed by atoms with Crippen LogP contribution in [0.2, 0.25) is 0 Å². The van der Waals surface area contributed by atoms with Gasteiger partial charge in [0.15, 0.2) is 0 Å². The summed E-state index contributed by atoms with van der Waals surface area (Å²) in [6.45, 7) is 3.90. The third kappa shape index (κ3) is 6.92. The number of amides is 2. The van der Waals surface area contributed by atoms with E-state index in [4.69, 9.17) is 0 Å². The maximum Gasteiger partial charge on any atom is 0.309 e. The number of Topliss-reactive ketones (excluding diaryl/α,β-unsaturated/α-hetero) is 1. The third-order valence-corrected chi connectivity index (χ3v) is 4.59. The Balaban J connectivity index is 1.94. The molecule has 2 rings (SSSR count). The number of carbonyl (C=O) groups excluding carboxylic acids is 3. The summed E-state index contributed by atoms with van der Waals surface area (Å²) in [5, 5.41) is 6.57. The number of ketones is 1. The first-order valence-electron chi connectivity index (χ1n) is 9.56. The Kier molecular flexibility index (Phi) is 8.10. The van der Waals surface area contributed by atoms with E-state index in [2.05, 4.69) is 20.8 Å². The molecule has 0 bridgehead atoms. The summed E-state index contributed by atoms with van der Waals surface area (Å²) in [5.74, 6) is -1.54. The monoisotopic (exact) mass is 372 g/mol. The molecule has 2 amide bonds. The minimum atomic E-state index is -0.836. The van der Waals surface area contributed by atoms with Gasteiger partial charge in [-0.3, -0.25) is 19.4 Å². The van der Waals surface area contributed by atoms with E-state index in [1.807, 2.05) is 13.8 Å². The molecule has 1 unspecified atom stereocenters. The Hall–Kier alpha value is -2.57. The van der Waals surface area contributed by atoms with Crippen molar-refractivity contribution in [3.63, 3.8) is 0 Å². The van der Waals surface area contributed by atoms with Gasteiger partial charge in [-0.15, -0.1) is 0 Å². The molecule has 1 atom stereocenters. The predicted molar refractivity (Wildman–Crippen MR) is 103 cm³/mol. The normalized spacial score (nSPS) is 16.3. The van der Waals surface area contributed by atoms with Gasteiger partial charge in [0.05, 0.1) is 18.0 Å². The molecule has 1 fully saturated rings. The molecule has 2 N–H and O–H groups in total. The van der Waals surface area contributed by atoms with Gasteiger partial charge in [0, 0.05) is 12.1 Å². The molecule has 0 spiro atoms. The largest absolute Gasteiger partial charge is 0.345 e. The highest BCUT2D eigenvalue weighted by Crippen LogP contribution is 2.24. The van der Waals surface area contributed by atoms with Gasteiger partial charge in [-0.2, -0.15) is 5.10 Å².